The molecular formula is C22H29N3O4S. The second kappa shape index (κ2) is 9.93. The van der Waals surface area contributed by atoms with Crippen LogP contribution in [-0.2, 0) is 11.2 Å². The van der Waals surface area contributed by atoms with Gasteiger partial charge in [-0.3, -0.25) is 9.59 Å². The van der Waals surface area contributed by atoms with Gasteiger partial charge in [0, 0.05) is 50.7 Å². The average molecular weight is 432 g/mol. The van der Waals surface area contributed by atoms with Crippen molar-refractivity contribution in [2.45, 2.75) is 46.1 Å². The van der Waals surface area contributed by atoms with Crippen molar-refractivity contribution in [1.82, 2.24) is 15.2 Å². The van der Waals surface area contributed by atoms with Crippen LogP contribution in [0, 0.1) is 13.8 Å². The summed E-state index contributed by atoms with van der Waals surface area (Å²) in [4.78, 5) is 31.9. The highest BCUT2D eigenvalue weighted by atomic mass is 32.1. The number of nitrogens with zero attached hydrogens (tertiary/aromatic N) is 2. The molecule has 1 fully saturated rings. The standard InChI is InChI=1S/C22H29N3O4S/c1-14-15(2)30-21(24-14)7-10-23-22(27)19-13-18(28-4)5-6-20(19)29-17-8-11-25(12-9-17)16(3)26/h5-6,13,17H,7-12H2,1-4H3,(H,23,27). The van der Waals surface area contributed by atoms with E-state index in [0.29, 0.717) is 43.1 Å². The van der Waals surface area contributed by atoms with Crippen molar-refractivity contribution in [3.8, 4) is 11.5 Å². The molecule has 1 aliphatic heterocycles. The van der Waals surface area contributed by atoms with Gasteiger partial charge in [0.15, 0.2) is 0 Å². The molecule has 0 spiro atoms. The summed E-state index contributed by atoms with van der Waals surface area (Å²) < 4.78 is 11.4. The van der Waals surface area contributed by atoms with E-state index >= 15 is 0 Å². The molecule has 8 heteroatoms. The predicted octanol–water partition coefficient (Wildman–Crippen LogP) is 3.13. The minimum atomic E-state index is -0.199. The number of likely N-dealkylation sites (tertiary alicyclic amines) is 1. The van der Waals surface area contributed by atoms with E-state index in [1.807, 2.05) is 11.8 Å². The van der Waals surface area contributed by atoms with Gasteiger partial charge in [-0.2, -0.15) is 0 Å². The summed E-state index contributed by atoms with van der Waals surface area (Å²) in [7, 11) is 1.57. The number of aryl methyl sites for hydroxylation is 2. The highest BCUT2D eigenvalue weighted by Gasteiger charge is 2.24. The molecule has 1 saturated heterocycles. The molecular weight excluding hydrogens is 402 g/mol. The number of aromatic nitrogens is 1. The molecule has 30 heavy (non-hydrogen) atoms. The molecule has 2 amide bonds. The van der Waals surface area contributed by atoms with Crippen LogP contribution in [0.5, 0.6) is 11.5 Å². The van der Waals surface area contributed by atoms with E-state index < -0.39 is 0 Å². The van der Waals surface area contributed by atoms with Crippen LogP contribution in [0.3, 0.4) is 0 Å². The summed E-state index contributed by atoms with van der Waals surface area (Å²) in [6, 6.07) is 5.27. The number of carbonyl (C=O) groups excluding carboxylic acids is 2. The number of nitrogens with one attached hydrogen (secondary N) is 1. The van der Waals surface area contributed by atoms with Crippen molar-refractivity contribution < 1.29 is 19.1 Å². The second-order valence-corrected chi connectivity index (χ2v) is 8.73. The van der Waals surface area contributed by atoms with Gasteiger partial charge < -0.3 is 19.7 Å². The number of hydrogen-bond acceptors (Lipinski definition) is 6. The van der Waals surface area contributed by atoms with Crippen molar-refractivity contribution in [2.75, 3.05) is 26.7 Å². The number of rotatable bonds is 7. The fourth-order valence-electron chi connectivity index (χ4n) is 3.41. The minimum Gasteiger partial charge on any atom is -0.497 e. The zero-order valence-electron chi connectivity index (χ0n) is 18.0. The highest BCUT2D eigenvalue weighted by molar-refractivity contribution is 7.11. The normalized spacial score (nSPS) is 14.5. The lowest BCUT2D eigenvalue weighted by Gasteiger charge is -2.31. The molecule has 0 radical (unpaired) electrons. The third kappa shape index (κ3) is 5.50. The molecule has 0 aliphatic carbocycles. The molecule has 0 bridgehead atoms. The van der Waals surface area contributed by atoms with Crippen molar-refractivity contribution >= 4 is 23.2 Å². The first-order valence-corrected chi connectivity index (χ1v) is 11.0. The van der Waals surface area contributed by atoms with Gasteiger partial charge in [0.05, 0.1) is 23.4 Å². The number of methoxy groups -OCH3 is 1. The Labute approximate surface area is 181 Å². The smallest absolute Gasteiger partial charge is 0.255 e. The monoisotopic (exact) mass is 431 g/mol. The van der Waals surface area contributed by atoms with Crippen molar-refractivity contribution in [3.05, 3.63) is 39.3 Å². The predicted molar refractivity (Wildman–Crippen MR) is 117 cm³/mol. The Bertz CT molecular complexity index is 884. The van der Waals surface area contributed by atoms with Crippen LogP contribution in [-0.4, -0.2) is 54.5 Å². The Balaban J connectivity index is 1.63. The molecule has 1 aromatic heterocycles. The van der Waals surface area contributed by atoms with Crippen molar-refractivity contribution in [2.24, 2.45) is 0 Å². The first-order valence-electron chi connectivity index (χ1n) is 10.2. The van der Waals surface area contributed by atoms with Crippen molar-refractivity contribution in [3.63, 3.8) is 0 Å². The van der Waals surface area contributed by atoms with Gasteiger partial charge in [0.25, 0.3) is 5.91 Å². The van der Waals surface area contributed by atoms with Crippen LogP contribution < -0.4 is 14.8 Å². The molecule has 2 heterocycles. The van der Waals surface area contributed by atoms with Crippen LogP contribution >= 0.6 is 11.3 Å². The lowest BCUT2D eigenvalue weighted by atomic mass is 10.1. The Morgan fingerprint density at radius 3 is 2.60 bits per heavy atom. The first-order chi connectivity index (χ1) is 14.4. The Hall–Kier alpha value is -2.61. The first kappa shape index (κ1) is 22.1. The molecule has 0 atom stereocenters. The van der Waals surface area contributed by atoms with Crippen LogP contribution in [0.4, 0.5) is 0 Å². The van der Waals surface area contributed by atoms with Crippen LogP contribution in [0.15, 0.2) is 18.2 Å². The van der Waals surface area contributed by atoms with Gasteiger partial charge in [-0.05, 0) is 32.0 Å². The van der Waals surface area contributed by atoms with Crippen LogP contribution in [0.2, 0.25) is 0 Å². The van der Waals surface area contributed by atoms with Gasteiger partial charge in [-0.15, -0.1) is 11.3 Å². The zero-order chi connectivity index (χ0) is 21.7. The quantitative estimate of drug-likeness (QED) is 0.729. The Morgan fingerprint density at radius 1 is 1.27 bits per heavy atom. The van der Waals surface area contributed by atoms with E-state index in [-0.39, 0.29) is 17.9 Å². The summed E-state index contributed by atoms with van der Waals surface area (Å²) >= 11 is 1.66. The van der Waals surface area contributed by atoms with Crippen LogP contribution in [0.25, 0.3) is 0 Å². The third-order valence-electron chi connectivity index (χ3n) is 5.31. The topological polar surface area (TPSA) is 80.8 Å². The van der Waals surface area contributed by atoms with E-state index in [1.54, 1.807) is 43.6 Å². The lowest BCUT2D eigenvalue weighted by Crippen LogP contribution is -2.40. The number of thiazole rings is 1. The summed E-state index contributed by atoms with van der Waals surface area (Å²) in [5, 5.41) is 3.98. The van der Waals surface area contributed by atoms with Crippen molar-refractivity contribution in [1.29, 1.82) is 0 Å². The molecule has 0 unspecified atom stereocenters. The fourth-order valence-corrected chi connectivity index (χ4v) is 4.34. The maximum atomic E-state index is 12.9. The van der Waals surface area contributed by atoms with E-state index in [0.717, 1.165) is 23.5 Å². The van der Waals surface area contributed by atoms with Gasteiger partial charge >= 0.3 is 0 Å². The van der Waals surface area contributed by atoms with E-state index in [1.165, 1.54) is 4.88 Å². The summed E-state index contributed by atoms with van der Waals surface area (Å²) in [5.74, 6) is 1.03. The molecule has 3 rings (SSSR count). The van der Waals surface area contributed by atoms with Crippen LogP contribution in [0.1, 0.15) is 45.7 Å². The maximum absolute atomic E-state index is 12.9. The lowest BCUT2D eigenvalue weighted by molar-refractivity contribution is -0.130. The molecule has 162 valence electrons. The zero-order valence-corrected chi connectivity index (χ0v) is 18.8. The number of amides is 2. The second-order valence-electron chi connectivity index (χ2n) is 7.44. The van der Waals surface area contributed by atoms with E-state index in [4.69, 9.17) is 9.47 Å². The molecule has 1 aliphatic rings. The highest BCUT2D eigenvalue weighted by Crippen LogP contribution is 2.27. The fraction of sp³-hybridized carbons (Fsp3) is 0.500. The Kier molecular flexibility index (Phi) is 7.31. The molecule has 1 aromatic carbocycles. The molecule has 0 saturated carbocycles. The van der Waals surface area contributed by atoms with E-state index in [9.17, 15) is 9.59 Å². The summed E-state index contributed by atoms with van der Waals surface area (Å²) in [5.41, 5.74) is 1.50. The SMILES string of the molecule is COc1ccc(OC2CCN(C(C)=O)CC2)c(C(=O)NCCc2nc(C)c(C)s2)c1. The molecule has 1 N–H and O–H groups in total. The Morgan fingerprint density at radius 2 is 2.00 bits per heavy atom. The number of benzene rings is 1. The summed E-state index contributed by atoms with van der Waals surface area (Å²) in [6.45, 7) is 7.47. The number of ether oxygens (including phenoxy) is 2. The number of piperidine rings is 1. The van der Waals surface area contributed by atoms with Gasteiger partial charge in [0.2, 0.25) is 5.91 Å². The van der Waals surface area contributed by atoms with Gasteiger partial charge in [-0.1, -0.05) is 0 Å². The number of carbonyl (C=O) groups is 2. The number of hydrogen-bond donors (Lipinski definition) is 1. The maximum Gasteiger partial charge on any atom is 0.255 e. The molecule has 2 aromatic rings. The van der Waals surface area contributed by atoms with Gasteiger partial charge in [0.1, 0.15) is 17.6 Å². The third-order valence-corrected chi connectivity index (χ3v) is 6.44. The summed E-state index contributed by atoms with van der Waals surface area (Å²) in [6.07, 6.45) is 2.15. The average Bonchev–Trinajstić information content (AvgIpc) is 3.05. The molecule has 7 nitrogen and oxygen atoms in total. The minimum absolute atomic E-state index is 0.0261. The van der Waals surface area contributed by atoms with E-state index in [2.05, 4.69) is 17.2 Å². The van der Waals surface area contributed by atoms with Gasteiger partial charge in [-0.25, -0.2) is 4.98 Å². The largest absolute Gasteiger partial charge is 0.497 e.